The van der Waals surface area contributed by atoms with Crippen LogP contribution >= 0.6 is 0 Å². The Kier molecular flexibility index (Phi) is 74.7. The monoisotopic (exact) mass is 1510 g/mol. The summed E-state index contributed by atoms with van der Waals surface area (Å²) < 4.78 is 23.7. The van der Waals surface area contributed by atoms with Crippen molar-refractivity contribution in [2.75, 3.05) is 65.7 Å². The summed E-state index contributed by atoms with van der Waals surface area (Å²) in [5.41, 5.74) is 0. The van der Waals surface area contributed by atoms with Gasteiger partial charge in [0, 0.05) is 32.2 Å². The van der Waals surface area contributed by atoms with E-state index in [1.54, 1.807) is 0 Å². The highest BCUT2D eigenvalue weighted by molar-refractivity contribution is 5.70. The Morgan fingerprint density at radius 3 is 1.06 bits per heavy atom. The molecule has 107 heavy (non-hydrogen) atoms. The second kappa shape index (κ2) is 77.7. The Morgan fingerprint density at radius 2 is 0.626 bits per heavy atom. The fourth-order valence-corrected chi connectivity index (χ4v) is 18.0. The molecule has 0 radical (unpaired) electrons. The molecule has 0 spiro atoms. The van der Waals surface area contributed by atoms with Crippen molar-refractivity contribution in [2.24, 2.45) is 47.3 Å². The Morgan fingerprint density at radius 1 is 0.280 bits per heavy atom. The molecule has 0 amide bonds. The third kappa shape index (κ3) is 62.9. The van der Waals surface area contributed by atoms with E-state index in [2.05, 4.69) is 79.0 Å². The minimum Gasteiger partial charge on any atom is -0.466 e. The molecule has 1 fully saturated rings. The van der Waals surface area contributed by atoms with Crippen LogP contribution in [0.1, 0.15) is 487 Å². The number of esters is 4. The maximum Gasteiger partial charge on any atom is 0.306 e. The van der Waals surface area contributed by atoms with E-state index in [1.807, 2.05) is 0 Å². The van der Waals surface area contributed by atoms with Crippen molar-refractivity contribution >= 4 is 23.9 Å². The van der Waals surface area contributed by atoms with Crippen molar-refractivity contribution in [1.82, 2.24) is 9.80 Å². The Hall–Kier alpha value is -2.20. The molecule has 0 aromatic heterocycles. The zero-order valence-corrected chi connectivity index (χ0v) is 73.8. The third-order valence-corrected chi connectivity index (χ3v) is 25.1. The lowest BCUT2D eigenvalue weighted by Gasteiger charge is -2.36. The smallest absolute Gasteiger partial charge is 0.306 e. The molecular formula is C97H188N2O8. The quantitative estimate of drug-likeness (QED) is 0.0331. The van der Waals surface area contributed by atoms with E-state index < -0.39 is 0 Å². The second-order valence-corrected chi connectivity index (χ2v) is 34.8. The number of carbonyl (C=O) groups is 4. The van der Waals surface area contributed by atoms with E-state index in [4.69, 9.17) is 18.9 Å². The predicted molar refractivity (Wildman–Crippen MR) is 461 cm³/mol. The van der Waals surface area contributed by atoms with E-state index in [1.165, 1.54) is 341 Å². The maximum atomic E-state index is 13.9. The largest absolute Gasteiger partial charge is 0.466 e. The zero-order valence-electron chi connectivity index (χ0n) is 73.8. The number of ether oxygens (including phenoxy) is 4. The number of likely N-dealkylation sites (tertiary alicyclic amines) is 1. The van der Waals surface area contributed by atoms with E-state index in [9.17, 15) is 19.2 Å². The van der Waals surface area contributed by atoms with Crippen LogP contribution in [-0.2, 0) is 38.1 Å². The van der Waals surface area contributed by atoms with Gasteiger partial charge in [0.25, 0.3) is 0 Å². The number of rotatable bonds is 84. The van der Waals surface area contributed by atoms with Gasteiger partial charge in [0.05, 0.1) is 26.4 Å². The van der Waals surface area contributed by atoms with E-state index >= 15 is 0 Å². The highest BCUT2D eigenvalue weighted by Gasteiger charge is 2.33. The van der Waals surface area contributed by atoms with Crippen LogP contribution in [-0.4, -0.2) is 99.4 Å². The number of unbranched alkanes of at least 4 members (excludes halogenated alkanes) is 31. The number of nitrogens with zero attached hydrogens (tertiary/aromatic N) is 2. The normalized spacial score (nSPS) is 14.5. The number of hydrogen-bond acceptors (Lipinski definition) is 10. The summed E-state index contributed by atoms with van der Waals surface area (Å²) >= 11 is 0. The van der Waals surface area contributed by atoms with Gasteiger partial charge in [0.15, 0.2) is 0 Å². The van der Waals surface area contributed by atoms with Crippen molar-refractivity contribution < 1.29 is 38.1 Å². The van der Waals surface area contributed by atoms with Gasteiger partial charge in [-0.05, 0) is 183 Å². The van der Waals surface area contributed by atoms with Crippen molar-refractivity contribution in [3.63, 3.8) is 0 Å². The summed E-state index contributed by atoms with van der Waals surface area (Å²) in [6, 6.07) is 0. The topological polar surface area (TPSA) is 112 Å². The molecule has 0 saturated carbocycles. The molecule has 0 aliphatic carbocycles. The lowest BCUT2D eigenvalue weighted by atomic mass is 9.69. The number of carbonyl (C=O) groups excluding carboxylic acids is 4. The van der Waals surface area contributed by atoms with Crippen LogP contribution < -0.4 is 0 Å². The lowest BCUT2D eigenvalue weighted by molar-refractivity contribution is -0.146. The minimum absolute atomic E-state index is 0.00720. The average molecular weight is 1510 g/mol. The van der Waals surface area contributed by atoms with Gasteiger partial charge >= 0.3 is 23.9 Å². The van der Waals surface area contributed by atoms with Crippen molar-refractivity contribution in [1.29, 1.82) is 0 Å². The summed E-state index contributed by atoms with van der Waals surface area (Å²) in [5.74, 6) is 4.85. The zero-order chi connectivity index (χ0) is 77.9. The third-order valence-electron chi connectivity index (χ3n) is 25.1. The molecule has 10 heteroatoms. The first-order valence-corrected chi connectivity index (χ1v) is 48.5. The molecule has 0 N–H and O–H groups in total. The van der Waals surface area contributed by atoms with Crippen molar-refractivity contribution in [2.45, 2.75) is 487 Å². The van der Waals surface area contributed by atoms with Gasteiger partial charge in [0.2, 0.25) is 0 Å². The molecule has 10 nitrogen and oxygen atoms in total. The van der Waals surface area contributed by atoms with Crippen molar-refractivity contribution in [3.8, 4) is 0 Å². The number of hydrogen-bond donors (Lipinski definition) is 0. The van der Waals surface area contributed by atoms with Crippen LogP contribution in [0.15, 0.2) is 0 Å². The first-order valence-electron chi connectivity index (χ1n) is 48.5. The summed E-state index contributed by atoms with van der Waals surface area (Å²) in [7, 11) is 0. The standard InChI is InChI=1S/C97H188N2O8/c1-11-21-42-59-87(60-43-22-12-2)73-80-106-94(100)70-52-38-32-36-48-61-86(72-77-99-75-54-55-76-99)62-49-37-33-39-53-71-95(101)107-81-74-89(65-46-25-15-5)82-91(58-18-8)93(69-27-17-7)92(68-47-26-16-6)84-97(103)105-79-57-41-31-29-35-51-67-90(85-98(19-9)20-10)66-50-34-28-30-40-56-78-104-96(102)83-88(63-44-23-13-3)64-45-24-14-4/h86-93H,11-85H2,1-10H3. The molecular weight excluding hydrogens is 1320 g/mol. The molecule has 6 atom stereocenters. The minimum atomic E-state index is -0.00720. The highest BCUT2D eigenvalue weighted by Crippen LogP contribution is 2.41. The Bertz CT molecular complexity index is 1890. The molecule has 1 heterocycles. The van der Waals surface area contributed by atoms with Gasteiger partial charge < -0.3 is 28.7 Å². The molecule has 0 aromatic rings. The SMILES string of the molecule is CCCCCC(CCCCC)CCOC(=O)CCCCCCCC(CCCCCCCC(=O)OCCC(CCCCC)CC(CCC)C(CCCC)C(CCCCC)CC(=O)OCCCCCCCCC(CCCCCCCCOC(=O)CC(CCCCC)CCCCC)CN(CC)CC)CCN1CCCC1. The summed E-state index contributed by atoms with van der Waals surface area (Å²) in [6.45, 7) is 32.6. The van der Waals surface area contributed by atoms with E-state index in [0.717, 1.165) is 102 Å². The van der Waals surface area contributed by atoms with Crippen LogP contribution in [0.4, 0.5) is 0 Å². The first-order chi connectivity index (χ1) is 52.4. The highest BCUT2D eigenvalue weighted by atomic mass is 16.5. The van der Waals surface area contributed by atoms with Gasteiger partial charge in [-0.2, -0.15) is 0 Å². The molecule has 0 bridgehead atoms. The first kappa shape index (κ1) is 103. The molecule has 1 saturated heterocycles. The molecule has 6 unspecified atom stereocenters. The summed E-state index contributed by atoms with van der Waals surface area (Å²) in [5, 5.41) is 0. The van der Waals surface area contributed by atoms with Crippen molar-refractivity contribution in [3.05, 3.63) is 0 Å². The fourth-order valence-electron chi connectivity index (χ4n) is 18.0. The maximum absolute atomic E-state index is 13.9. The van der Waals surface area contributed by atoms with E-state index in [-0.39, 0.29) is 23.9 Å². The molecule has 0 aromatic carbocycles. The molecule has 1 aliphatic rings. The molecule has 1 rings (SSSR count). The summed E-state index contributed by atoms with van der Waals surface area (Å²) in [4.78, 5) is 57.9. The Balaban J connectivity index is 2.61. The lowest BCUT2D eigenvalue weighted by Crippen LogP contribution is -2.29. The van der Waals surface area contributed by atoms with E-state index in [0.29, 0.717) is 87.6 Å². The van der Waals surface area contributed by atoms with Crippen LogP contribution in [0.3, 0.4) is 0 Å². The summed E-state index contributed by atoms with van der Waals surface area (Å²) in [6.07, 6.45) is 76.8. The van der Waals surface area contributed by atoms with Crippen LogP contribution in [0.5, 0.6) is 0 Å². The average Bonchev–Trinajstić information content (AvgIpc) is 1.31. The van der Waals surface area contributed by atoms with Crippen LogP contribution in [0, 0.1) is 47.3 Å². The molecule has 1 aliphatic heterocycles. The van der Waals surface area contributed by atoms with Gasteiger partial charge in [-0.3, -0.25) is 19.2 Å². The fraction of sp³-hybridized carbons (Fsp3) is 0.959. The van der Waals surface area contributed by atoms with Crippen LogP contribution in [0.25, 0.3) is 0 Å². The second-order valence-electron chi connectivity index (χ2n) is 34.8. The predicted octanol–water partition coefficient (Wildman–Crippen LogP) is 29.3. The van der Waals surface area contributed by atoms with Gasteiger partial charge in [-0.15, -0.1) is 0 Å². The Labute approximate surface area is 667 Å². The van der Waals surface area contributed by atoms with Gasteiger partial charge in [-0.1, -0.05) is 358 Å². The van der Waals surface area contributed by atoms with Crippen LogP contribution in [0.2, 0.25) is 0 Å². The van der Waals surface area contributed by atoms with Gasteiger partial charge in [-0.25, -0.2) is 0 Å². The molecule has 634 valence electrons. The van der Waals surface area contributed by atoms with Gasteiger partial charge in [0.1, 0.15) is 0 Å².